The first-order chi connectivity index (χ1) is 6.60. The minimum Gasteiger partial charge on any atom is -0.480 e. The summed E-state index contributed by atoms with van der Waals surface area (Å²) in [6, 6.07) is 0. The zero-order chi connectivity index (χ0) is 11.0. The van der Waals surface area contributed by atoms with Gasteiger partial charge in [-0.15, -0.1) is 0 Å². The lowest BCUT2D eigenvalue weighted by molar-refractivity contribution is -0.137. The number of carboxylic acid groups (broad SMARTS) is 1. The number of aliphatic imine (C=N–C) groups is 1. The Morgan fingerprint density at radius 3 is 2.64 bits per heavy atom. The van der Waals surface area contributed by atoms with Crippen LogP contribution in [0.4, 0.5) is 0 Å². The van der Waals surface area contributed by atoms with Gasteiger partial charge in [0.05, 0.1) is 12.2 Å². The first-order valence-corrected chi connectivity index (χ1v) is 4.30. The monoisotopic (exact) mass is 196 g/mol. The summed E-state index contributed by atoms with van der Waals surface area (Å²) in [6.45, 7) is 5.89. The van der Waals surface area contributed by atoms with Crippen LogP contribution < -0.4 is 0 Å². The molecule has 0 aromatic rings. The summed E-state index contributed by atoms with van der Waals surface area (Å²) in [4.78, 5) is 16.1. The van der Waals surface area contributed by atoms with E-state index in [9.17, 15) is 4.79 Å². The van der Waals surface area contributed by atoms with E-state index < -0.39 is 5.97 Å². The molecule has 0 unspecified atom stereocenters. The molecule has 0 rings (SSSR count). The predicted molar refractivity (Wildman–Crippen MR) is 57.6 cm³/mol. The van der Waals surface area contributed by atoms with Crippen molar-refractivity contribution < 1.29 is 9.90 Å². The molecule has 0 saturated carbocycles. The van der Waals surface area contributed by atoms with E-state index in [-0.39, 0.29) is 6.54 Å². The molecule has 0 aliphatic rings. The van der Waals surface area contributed by atoms with E-state index in [1.807, 2.05) is 6.92 Å². The van der Waals surface area contributed by atoms with Crippen LogP contribution in [0, 0.1) is 0 Å². The fraction of sp³-hybridized carbons (Fsp3) is 0.400. The summed E-state index contributed by atoms with van der Waals surface area (Å²) < 4.78 is 0. The topological polar surface area (TPSA) is 52.9 Å². The van der Waals surface area contributed by atoms with Crippen LogP contribution >= 0.6 is 0 Å². The van der Waals surface area contributed by atoms with Crippen molar-refractivity contribution >= 4 is 12.2 Å². The quantitative estimate of drug-likeness (QED) is 0.512. The van der Waals surface area contributed by atoms with Crippen LogP contribution in [0.2, 0.25) is 0 Å². The number of nitrogens with zero attached hydrogens (tertiary/aromatic N) is 2. The van der Waals surface area contributed by atoms with Crippen LogP contribution in [0.25, 0.3) is 0 Å². The second-order valence-corrected chi connectivity index (χ2v) is 2.85. The normalized spacial score (nSPS) is 12.4. The zero-order valence-corrected chi connectivity index (χ0v) is 8.60. The molecule has 0 atom stereocenters. The first-order valence-electron chi connectivity index (χ1n) is 4.30. The largest absolute Gasteiger partial charge is 0.480 e. The van der Waals surface area contributed by atoms with Gasteiger partial charge in [-0.1, -0.05) is 12.7 Å². The number of likely N-dealkylation sites (N-methyl/N-ethyl adjacent to an activating group) is 1. The minimum absolute atomic E-state index is 0.00766. The molecule has 0 aromatic heterocycles. The second kappa shape index (κ2) is 7.03. The number of carboxylic acids is 1. The molecule has 0 amide bonds. The highest BCUT2D eigenvalue weighted by Gasteiger charge is 2.05. The van der Waals surface area contributed by atoms with Crippen molar-refractivity contribution in [2.45, 2.75) is 6.92 Å². The molecule has 0 aliphatic carbocycles. The minimum atomic E-state index is -0.842. The van der Waals surface area contributed by atoms with Gasteiger partial charge in [0.2, 0.25) is 0 Å². The van der Waals surface area contributed by atoms with Gasteiger partial charge < -0.3 is 5.11 Å². The molecule has 14 heavy (non-hydrogen) atoms. The van der Waals surface area contributed by atoms with Gasteiger partial charge in [-0.2, -0.15) is 0 Å². The van der Waals surface area contributed by atoms with Crippen LogP contribution in [0.3, 0.4) is 0 Å². The van der Waals surface area contributed by atoms with E-state index in [0.717, 1.165) is 5.70 Å². The highest BCUT2D eigenvalue weighted by atomic mass is 16.4. The third-order valence-corrected chi connectivity index (χ3v) is 1.44. The molecule has 78 valence electrons. The average molecular weight is 196 g/mol. The van der Waals surface area contributed by atoms with Crippen molar-refractivity contribution in [1.29, 1.82) is 0 Å². The fourth-order valence-corrected chi connectivity index (χ4v) is 1.00. The third-order valence-electron chi connectivity index (χ3n) is 1.44. The number of allylic oxidation sites excluding steroid dienone is 2. The molecular formula is C10H16N2O2. The average Bonchev–Trinajstić information content (AvgIpc) is 2.03. The first kappa shape index (κ1) is 12.6. The SMILES string of the molecule is C=C/C=C(/CN(C)CC(=O)O)N=CC. The molecule has 0 aliphatic heterocycles. The lowest BCUT2D eigenvalue weighted by Crippen LogP contribution is -2.27. The number of hydrogen-bond acceptors (Lipinski definition) is 3. The van der Waals surface area contributed by atoms with Gasteiger partial charge in [0.1, 0.15) is 0 Å². The van der Waals surface area contributed by atoms with Crippen LogP contribution in [-0.2, 0) is 4.79 Å². The maximum absolute atomic E-state index is 10.4. The standard InChI is InChI=1S/C10H16N2O2/c1-4-6-9(11-5-2)7-12(3)8-10(13)14/h4-6H,1,7-8H2,2-3H3,(H,13,14)/b9-6-,11-5?. The molecule has 0 bridgehead atoms. The highest BCUT2D eigenvalue weighted by molar-refractivity contribution is 5.69. The van der Waals surface area contributed by atoms with E-state index in [1.54, 1.807) is 30.3 Å². The second-order valence-electron chi connectivity index (χ2n) is 2.85. The van der Waals surface area contributed by atoms with Crippen LogP contribution in [0.1, 0.15) is 6.92 Å². The molecule has 0 heterocycles. The van der Waals surface area contributed by atoms with Crippen molar-refractivity contribution in [3.05, 3.63) is 24.4 Å². The molecule has 0 saturated heterocycles. The van der Waals surface area contributed by atoms with Gasteiger partial charge in [-0.3, -0.25) is 14.7 Å². The number of rotatable bonds is 6. The highest BCUT2D eigenvalue weighted by Crippen LogP contribution is 1.99. The van der Waals surface area contributed by atoms with Crippen LogP contribution in [-0.4, -0.2) is 42.3 Å². The maximum atomic E-state index is 10.4. The summed E-state index contributed by atoms with van der Waals surface area (Å²) in [6.07, 6.45) is 5.07. The number of aliphatic carboxylic acids is 1. The van der Waals surface area contributed by atoms with Gasteiger partial charge in [-0.05, 0) is 20.0 Å². The van der Waals surface area contributed by atoms with E-state index in [1.165, 1.54) is 0 Å². The van der Waals surface area contributed by atoms with E-state index in [0.29, 0.717) is 6.54 Å². The molecular weight excluding hydrogens is 180 g/mol. The van der Waals surface area contributed by atoms with Crippen molar-refractivity contribution in [1.82, 2.24) is 4.90 Å². The van der Waals surface area contributed by atoms with Crippen molar-refractivity contribution in [3.8, 4) is 0 Å². The summed E-state index contributed by atoms with van der Waals surface area (Å²) in [5, 5.41) is 8.54. The summed E-state index contributed by atoms with van der Waals surface area (Å²) >= 11 is 0. The van der Waals surface area contributed by atoms with Crippen LogP contribution in [0.15, 0.2) is 29.4 Å². The molecule has 0 aromatic carbocycles. The Bertz CT molecular complexity index is 257. The lowest BCUT2D eigenvalue weighted by atomic mass is 10.3. The Labute approximate surface area is 84.3 Å². The summed E-state index contributed by atoms with van der Waals surface area (Å²) in [5.41, 5.74) is 0.797. The third kappa shape index (κ3) is 6.14. The zero-order valence-electron chi connectivity index (χ0n) is 8.60. The number of carbonyl (C=O) groups is 1. The Kier molecular flexibility index (Phi) is 6.32. The van der Waals surface area contributed by atoms with Crippen molar-refractivity contribution in [2.24, 2.45) is 4.99 Å². The Balaban J connectivity index is 4.22. The van der Waals surface area contributed by atoms with Gasteiger partial charge in [0.15, 0.2) is 0 Å². The molecule has 0 spiro atoms. The van der Waals surface area contributed by atoms with Gasteiger partial charge >= 0.3 is 5.97 Å². The Morgan fingerprint density at radius 2 is 2.21 bits per heavy atom. The Hall–Kier alpha value is -1.42. The summed E-state index contributed by atoms with van der Waals surface area (Å²) in [7, 11) is 1.73. The van der Waals surface area contributed by atoms with Gasteiger partial charge in [-0.25, -0.2) is 0 Å². The molecule has 4 heteroatoms. The molecule has 0 fully saturated rings. The smallest absolute Gasteiger partial charge is 0.317 e. The fourth-order valence-electron chi connectivity index (χ4n) is 1.00. The van der Waals surface area contributed by atoms with Gasteiger partial charge in [0, 0.05) is 12.8 Å². The van der Waals surface area contributed by atoms with Crippen molar-refractivity contribution in [2.75, 3.05) is 20.1 Å². The molecule has 1 N–H and O–H groups in total. The van der Waals surface area contributed by atoms with E-state index >= 15 is 0 Å². The molecule has 0 radical (unpaired) electrons. The Morgan fingerprint density at radius 1 is 1.57 bits per heavy atom. The van der Waals surface area contributed by atoms with E-state index in [2.05, 4.69) is 11.6 Å². The summed E-state index contributed by atoms with van der Waals surface area (Å²) in [5.74, 6) is -0.842. The lowest BCUT2D eigenvalue weighted by Gasteiger charge is -2.13. The predicted octanol–water partition coefficient (Wildman–Crippen LogP) is 1.16. The van der Waals surface area contributed by atoms with Crippen molar-refractivity contribution in [3.63, 3.8) is 0 Å². The van der Waals surface area contributed by atoms with Gasteiger partial charge in [0.25, 0.3) is 0 Å². The van der Waals surface area contributed by atoms with Crippen LogP contribution in [0.5, 0.6) is 0 Å². The van der Waals surface area contributed by atoms with E-state index in [4.69, 9.17) is 5.11 Å². The molecule has 4 nitrogen and oxygen atoms in total. The maximum Gasteiger partial charge on any atom is 0.317 e. The number of hydrogen-bond donors (Lipinski definition) is 1.